The fourth-order valence-corrected chi connectivity index (χ4v) is 4.08. The van der Waals surface area contributed by atoms with Crippen LogP contribution in [0, 0.1) is 27.7 Å². The quantitative estimate of drug-likeness (QED) is 0.747. The lowest BCUT2D eigenvalue weighted by Gasteiger charge is -2.05. The summed E-state index contributed by atoms with van der Waals surface area (Å²) in [7, 11) is 0. The maximum Gasteiger partial charge on any atom is 0.269 e. The molecule has 0 aliphatic carbocycles. The molecular weight excluding hydrogens is 316 g/mol. The molecule has 22 heavy (non-hydrogen) atoms. The smallest absolute Gasteiger partial charge is 0.269 e. The molecule has 0 radical (unpaired) electrons. The standard InChI is InChI=1S/C15H16N4OS2/c1-6-5-21-15(17-6)19-13(20)12-11(16)10-8(3)7(2)9(4)18-14(10)22-12/h5H,16H2,1-4H3,(H,17,19,20). The molecular formula is C15H16N4OS2. The Hall–Kier alpha value is -1.99. The molecule has 0 atom stereocenters. The van der Waals surface area contributed by atoms with Crippen LogP contribution in [0.5, 0.6) is 0 Å². The lowest BCUT2D eigenvalue weighted by molar-refractivity contribution is 0.103. The highest BCUT2D eigenvalue weighted by Crippen LogP contribution is 2.36. The summed E-state index contributed by atoms with van der Waals surface area (Å²) in [5, 5.41) is 6.15. The van der Waals surface area contributed by atoms with Gasteiger partial charge in [0.15, 0.2) is 5.13 Å². The molecule has 3 heterocycles. The molecule has 0 fully saturated rings. The van der Waals surface area contributed by atoms with Gasteiger partial charge in [-0.15, -0.1) is 22.7 Å². The highest BCUT2D eigenvalue weighted by atomic mass is 32.1. The number of aryl methyl sites for hydroxylation is 3. The summed E-state index contributed by atoms with van der Waals surface area (Å²) in [6.45, 7) is 7.89. The summed E-state index contributed by atoms with van der Waals surface area (Å²) in [5.41, 5.74) is 10.8. The molecule has 0 saturated heterocycles. The second-order valence-electron chi connectivity index (χ2n) is 5.22. The molecule has 1 amide bonds. The number of fused-ring (bicyclic) bond motifs is 1. The number of nitrogens with one attached hydrogen (secondary N) is 1. The van der Waals surface area contributed by atoms with E-state index in [1.165, 1.54) is 22.7 Å². The van der Waals surface area contributed by atoms with Gasteiger partial charge in [0.1, 0.15) is 9.71 Å². The van der Waals surface area contributed by atoms with Crippen LogP contribution in [0.1, 0.15) is 32.2 Å². The van der Waals surface area contributed by atoms with Crippen molar-refractivity contribution in [3.8, 4) is 0 Å². The van der Waals surface area contributed by atoms with Gasteiger partial charge in [-0.1, -0.05) is 0 Å². The van der Waals surface area contributed by atoms with Crippen molar-refractivity contribution in [1.29, 1.82) is 0 Å². The summed E-state index contributed by atoms with van der Waals surface area (Å²) < 4.78 is 0. The molecule has 0 bridgehead atoms. The normalized spacial score (nSPS) is 11.1. The summed E-state index contributed by atoms with van der Waals surface area (Å²) in [6, 6.07) is 0. The zero-order chi connectivity index (χ0) is 16.0. The maximum absolute atomic E-state index is 12.5. The van der Waals surface area contributed by atoms with Crippen molar-refractivity contribution in [1.82, 2.24) is 9.97 Å². The molecule has 114 valence electrons. The van der Waals surface area contributed by atoms with Gasteiger partial charge in [0.25, 0.3) is 5.91 Å². The molecule has 3 aromatic heterocycles. The molecule has 3 aromatic rings. The Morgan fingerprint density at radius 3 is 2.55 bits per heavy atom. The number of nitrogens with two attached hydrogens (primary N) is 1. The number of anilines is 2. The molecule has 7 heteroatoms. The van der Waals surface area contributed by atoms with Gasteiger partial charge < -0.3 is 5.73 Å². The van der Waals surface area contributed by atoms with Crippen LogP contribution in [0.4, 0.5) is 10.8 Å². The van der Waals surface area contributed by atoms with Crippen molar-refractivity contribution in [2.24, 2.45) is 0 Å². The zero-order valence-corrected chi connectivity index (χ0v) is 14.4. The number of thiazole rings is 1. The lowest BCUT2D eigenvalue weighted by atomic mass is 10.1. The Labute approximate surface area is 136 Å². The summed E-state index contributed by atoms with van der Waals surface area (Å²) in [4.78, 5) is 22.5. The summed E-state index contributed by atoms with van der Waals surface area (Å²) in [5.74, 6) is -0.232. The molecule has 0 saturated carbocycles. The number of aromatic nitrogens is 2. The molecule has 0 aliphatic rings. The minimum Gasteiger partial charge on any atom is -0.397 e. The minimum atomic E-state index is -0.232. The van der Waals surface area contributed by atoms with Crippen LogP contribution in [0.15, 0.2) is 5.38 Å². The van der Waals surface area contributed by atoms with Crippen LogP contribution in [0.2, 0.25) is 0 Å². The third-order valence-electron chi connectivity index (χ3n) is 3.72. The average molecular weight is 332 g/mol. The molecule has 5 nitrogen and oxygen atoms in total. The number of hydrogen-bond donors (Lipinski definition) is 2. The minimum absolute atomic E-state index is 0.232. The average Bonchev–Trinajstić information content (AvgIpc) is 3.00. The number of carbonyl (C=O) groups excluding carboxylic acids is 1. The van der Waals surface area contributed by atoms with Crippen molar-refractivity contribution in [3.63, 3.8) is 0 Å². The Morgan fingerprint density at radius 2 is 1.91 bits per heavy atom. The van der Waals surface area contributed by atoms with Crippen molar-refractivity contribution in [2.45, 2.75) is 27.7 Å². The number of pyridine rings is 1. The largest absolute Gasteiger partial charge is 0.397 e. The summed E-state index contributed by atoms with van der Waals surface area (Å²) >= 11 is 2.72. The van der Waals surface area contributed by atoms with Crippen LogP contribution < -0.4 is 11.1 Å². The molecule has 0 aliphatic heterocycles. The van der Waals surface area contributed by atoms with Gasteiger partial charge in [-0.25, -0.2) is 9.97 Å². The van der Waals surface area contributed by atoms with Crippen molar-refractivity contribution in [3.05, 3.63) is 32.8 Å². The number of amides is 1. The molecule has 0 spiro atoms. The highest BCUT2D eigenvalue weighted by molar-refractivity contribution is 7.21. The molecule has 3 rings (SSSR count). The van der Waals surface area contributed by atoms with E-state index < -0.39 is 0 Å². The van der Waals surface area contributed by atoms with E-state index >= 15 is 0 Å². The third-order valence-corrected chi connectivity index (χ3v) is 5.70. The first-order valence-corrected chi connectivity index (χ1v) is 8.47. The van der Waals surface area contributed by atoms with E-state index in [1.54, 1.807) is 0 Å². The molecule has 3 N–H and O–H groups in total. The van der Waals surface area contributed by atoms with Gasteiger partial charge >= 0.3 is 0 Å². The zero-order valence-electron chi connectivity index (χ0n) is 12.8. The number of nitrogens with zero attached hydrogens (tertiary/aromatic N) is 2. The van der Waals surface area contributed by atoms with Crippen molar-refractivity contribution < 1.29 is 4.79 Å². The monoisotopic (exact) mass is 332 g/mol. The summed E-state index contributed by atoms with van der Waals surface area (Å²) in [6.07, 6.45) is 0. The van der Waals surface area contributed by atoms with Gasteiger partial charge in [-0.05, 0) is 38.8 Å². The Bertz CT molecular complexity index is 895. The van der Waals surface area contributed by atoms with Crippen LogP contribution in [-0.2, 0) is 0 Å². The number of nitrogen functional groups attached to an aromatic ring is 1. The second kappa shape index (κ2) is 5.33. The predicted octanol–water partition coefficient (Wildman–Crippen LogP) is 3.82. The van der Waals surface area contributed by atoms with E-state index in [0.717, 1.165) is 32.7 Å². The van der Waals surface area contributed by atoms with E-state index in [9.17, 15) is 4.79 Å². The van der Waals surface area contributed by atoms with Gasteiger partial charge in [-0.2, -0.15) is 0 Å². The number of hydrogen-bond acceptors (Lipinski definition) is 6. The first-order chi connectivity index (χ1) is 10.4. The van der Waals surface area contributed by atoms with E-state index in [1.807, 2.05) is 33.1 Å². The highest BCUT2D eigenvalue weighted by Gasteiger charge is 2.20. The van der Waals surface area contributed by atoms with Gasteiger partial charge in [-0.3, -0.25) is 10.1 Å². The Balaban J connectivity index is 2.06. The lowest BCUT2D eigenvalue weighted by Crippen LogP contribution is -2.11. The van der Waals surface area contributed by atoms with Crippen molar-refractivity contribution >= 4 is 49.6 Å². The van der Waals surface area contributed by atoms with E-state index in [-0.39, 0.29) is 5.91 Å². The van der Waals surface area contributed by atoms with Crippen molar-refractivity contribution in [2.75, 3.05) is 11.1 Å². The predicted molar refractivity (Wildman–Crippen MR) is 93.0 cm³/mol. The number of thiophene rings is 1. The van der Waals surface area contributed by atoms with Gasteiger partial charge in [0.05, 0.1) is 11.4 Å². The molecule has 0 unspecified atom stereocenters. The first kappa shape index (κ1) is 14.9. The second-order valence-corrected chi connectivity index (χ2v) is 7.08. The Morgan fingerprint density at radius 1 is 1.18 bits per heavy atom. The molecule has 0 aromatic carbocycles. The van der Waals surface area contributed by atoms with Crippen LogP contribution >= 0.6 is 22.7 Å². The van der Waals surface area contributed by atoms with Gasteiger partial charge in [0, 0.05) is 16.5 Å². The van der Waals surface area contributed by atoms with Crippen LogP contribution in [-0.4, -0.2) is 15.9 Å². The van der Waals surface area contributed by atoms with E-state index in [4.69, 9.17) is 5.73 Å². The van der Waals surface area contributed by atoms with Crippen LogP contribution in [0.3, 0.4) is 0 Å². The van der Waals surface area contributed by atoms with E-state index in [2.05, 4.69) is 15.3 Å². The van der Waals surface area contributed by atoms with Gasteiger partial charge in [0.2, 0.25) is 0 Å². The SMILES string of the molecule is Cc1csc(NC(=O)c2sc3nc(C)c(C)c(C)c3c2N)n1. The number of carbonyl (C=O) groups is 1. The van der Waals surface area contributed by atoms with E-state index in [0.29, 0.717) is 15.7 Å². The maximum atomic E-state index is 12.5. The number of rotatable bonds is 2. The Kier molecular flexibility index (Phi) is 3.62. The fraction of sp³-hybridized carbons (Fsp3) is 0.267. The fourth-order valence-electron chi connectivity index (χ4n) is 2.30. The first-order valence-electron chi connectivity index (χ1n) is 6.77. The van der Waals surface area contributed by atoms with Crippen LogP contribution in [0.25, 0.3) is 10.2 Å². The topological polar surface area (TPSA) is 80.9 Å². The third kappa shape index (κ3) is 2.36.